The Hall–Kier alpha value is -3.00. The Morgan fingerprint density at radius 2 is 1.45 bits per heavy atom. The van der Waals surface area contributed by atoms with E-state index in [9.17, 15) is 21.6 Å². The number of aromatic nitrogens is 3. The molecule has 0 saturated heterocycles. The lowest BCUT2D eigenvalue weighted by Crippen LogP contribution is -2.35. The molecule has 1 heterocycles. The first kappa shape index (κ1) is 22.3. The number of sulfone groups is 1. The average Bonchev–Trinajstić information content (AvgIpc) is 2.66. The number of benzene rings is 1. The summed E-state index contributed by atoms with van der Waals surface area (Å²) in [6.45, 7) is 2.83. The van der Waals surface area contributed by atoms with E-state index in [0.717, 1.165) is 12.1 Å². The number of hydrogen-bond donors (Lipinski definition) is 2. The molecule has 0 radical (unpaired) electrons. The van der Waals surface area contributed by atoms with Crippen LogP contribution in [0.1, 0.15) is 13.8 Å². The van der Waals surface area contributed by atoms with Crippen molar-refractivity contribution in [3.8, 4) is 12.0 Å². The molecule has 12 nitrogen and oxygen atoms in total. The fourth-order valence-electron chi connectivity index (χ4n) is 2.04. The summed E-state index contributed by atoms with van der Waals surface area (Å²) in [4.78, 5) is 22.4. The molecule has 0 fully saturated rings. The van der Waals surface area contributed by atoms with Gasteiger partial charge in [-0.25, -0.2) is 26.4 Å². The van der Waals surface area contributed by atoms with Crippen molar-refractivity contribution in [2.75, 3.05) is 19.5 Å². The van der Waals surface area contributed by atoms with Gasteiger partial charge in [0, 0.05) is 0 Å². The molecular weight excluding hydrogens is 426 g/mol. The second kappa shape index (κ2) is 8.57. The van der Waals surface area contributed by atoms with Crippen LogP contribution in [-0.4, -0.2) is 57.3 Å². The van der Waals surface area contributed by atoms with Gasteiger partial charge in [0.15, 0.2) is 9.84 Å². The van der Waals surface area contributed by atoms with Crippen LogP contribution in [0.3, 0.4) is 0 Å². The van der Waals surface area contributed by atoms with Crippen molar-refractivity contribution < 1.29 is 31.1 Å². The van der Waals surface area contributed by atoms with E-state index in [2.05, 4.69) is 20.3 Å². The second-order valence-corrected chi connectivity index (χ2v) is 9.86. The highest BCUT2D eigenvalue weighted by atomic mass is 32.2. The fourth-order valence-corrected chi connectivity index (χ4v) is 4.84. The molecule has 2 amide bonds. The Balaban J connectivity index is 2.33. The van der Waals surface area contributed by atoms with E-state index in [-0.39, 0.29) is 18.0 Å². The van der Waals surface area contributed by atoms with Crippen LogP contribution < -0.4 is 19.5 Å². The number of rotatable bonds is 7. The number of methoxy groups -OCH3 is 2. The number of nitrogens with zero attached hydrogens (tertiary/aromatic N) is 3. The minimum atomic E-state index is -4.53. The number of sulfonamides is 1. The topological polar surface area (TPSA) is 167 Å². The summed E-state index contributed by atoms with van der Waals surface area (Å²) in [5.74, 6) is -0.343. The Morgan fingerprint density at radius 1 is 0.931 bits per heavy atom. The molecular formula is C15H19N5O7S2. The van der Waals surface area contributed by atoms with Crippen LogP contribution in [0.2, 0.25) is 0 Å². The molecule has 1 aromatic carbocycles. The third-order valence-corrected chi connectivity index (χ3v) is 7.21. The fraction of sp³-hybridized carbons (Fsp3) is 0.333. The number of urea groups is 1. The molecule has 0 spiro atoms. The number of carbonyl (C=O) groups is 1. The van der Waals surface area contributed by atoms with Gasteiger partial charge in [-0.15, -0.1) is 4.98 Å². The Labute approximate surface area is 167 Å². The minimum absolute atomic E-state index is 0.177. The van der Waals surface area contributed by atoms with Crippen molar-refractivity contribution in [2.45, 2.75) is 28.9 Å². The third kappa shape index (κ3) is 5.08. The quantitative estimate of drug-likeness (QED) is 0.615. The number of hydrogen-bond acceptors (Lipinski definition) is 10. The largest absolute Gasteiger partial charge is 0.467 e. The number of carbonyl (C=O) groups excluding carboxylic acids is 1. The number of nitrogens with one attached hydrogen (secondary N) is 2. The van der Waals surface area contributed by atoms with Crippen LogP contribution in [0.15, 0.2) is 34.1 Å². The van der Waals surface area contributed by atoms with Crippen LogP contribution in [0, 0.1) is 0 Å². The van der Waals surface area contributed by atoms with Gasteiger partial charge in [-0.3, -0.25) is 5.32 Å². The van der Waals surface area contributed by atoms with E-state index in [1.807, 2.05) is 0 Å². The van der Waals surface area contributed by atoms with E-state index in [1.54, 1.807) is 4.72 Å². The van der Waals surface area contributed by atoms with Gasteiger partial charge >= 0.3 is 18.1 Å². The molecule has 0 bridgehead atoms. The van der Waals surface area contributed by atoms with Crippen molar-refractivity contribution in [1.29, 1.82) is 0 Å². The maximum Gasteiger partial charge on any atom is 0.335 e. The Kier molecular flexibility index (Phi) is 6.58. The van der Waals surface area contributed by atoms with Gasteiger partial charge in [0.2, 0.25) is 5.95 Å². The summed E-state index contributed by atoms with van der Waals surface area (Å²) in [6, 6.07) is 3.39. The Morgan fingerprint density at radius 3 is 1.93 bits per heavy atom. The molecule has 0 saturated carbocycles. The second-order valence-electron chi connectivity index (χ2n) is 5.73. The first-order chi connectivity index (χ1) is 13.5. The summed E-state index contributed by atoms with van der Waals surface area (Å²) in [5.41, 5.74) is 0. The SMILES string of the molecule is COc1nc(NC(=O)NS(=O)(=O)c2ccccc2S(=O)(=O)C(C)C)nc(OC)n1. The maximum atomic E-state index is 12.6. The Bertz CT molecular complexity index is 1100. The van der Waals surface area contributed by atoms with Crippen molar-refractivity contribution in [3.05, 3.63) is 24.3 Å². The lowest BCUT2D eigenvalue weighted by Gasteiger charge is -2.14. The summed E-state index contributed by atoms with van der Waals surface area (Å²) in [5, 5.41) is 1.23. The van der Waals surface area contributed by atoms with Gasteiger partial charge in [-0.2, -0.15) is 9.97 Å². The van der Waals surface area contributed by atoms with Gasteiger partial charge in [0.25, 0.3) is 10.0 Å². The zero-order valence-electron chi connectivity index (χ0n) is 15.9. The number of ether oxygens (including phenoxy) is 2. The van der Waals surface area contributed by atoms with E-state index < -0.39 is 40.9 Å². The van der Waals surface area contributed by atoms with Gasteiger partial charge < -0.3 is 9.47 Å². The average molecular weight is 445 g/mol. The summed E-state index contributed by atoms with van der Waals surface area (Å²) < 4.78 is 61.6. The highest BCUT2D eigenvalue weighted by Gasteiger charge is 2.29. The summed E-state index contributed by atoms with van der Waals surface area (Å²) >= 11 is 0. The molecule has 0 atom stereocenters. The standard InChI is InChI=1S/C15H19N5O7S2/c1-9(2)28(22,23)10-7-5-6-8-11(10)29(24,25)20-13(21)16-12-17-14(26-3)19-15(18-12)27-4/h5-9H,1-4H3,(H2,16,17,18,19,20,21). The lowest BCUT2D eigenvalue weighted by atomic mass is 10.4. The molecule has 1 aromatic heterocycles. The van der Waals surface area contributed by atoms with Gasteiger partial charge in [-0.05, 0) is 26.0 Å². The first-order valence-electron chi connectivity index (χ1n) is 8.02. The third-order valence-electron chi connectivity index (χ3n) is 3.48. The molecule has 0 aliphatic heterocycles. The molecule has 0 unspecified atom stereocenters. The molecule has 14 heteroatoms. The monoisotopic (exact) mass is 445 g/mol. The normalized spacial score (nSPS) is 11.8. The van der Waals surface area contributed by atoms with Crippen LogP contribution >= 0.6 is 0 Å². The molecule has 2 rings (SSSR count). The van der Waals surface area contributed by atoms with E-state index in [1.165, 1.54) is 40.2 Å². The van der Waals surface area contributed by atoms with Crippen molar-refractivity contribution >= 4 is 31.8 Å². The highest BCUT2D eigenvalue weighted by Crippen LogP contribution is 2.24. The zero-order chi connectivity index (χ0) is 21.8. The predicted molar refractivity (Wildman–Crippen MR) is 101 cm³/mol. The smallest absolute Gasteiger partial charge is 0.335 e. The predicted octanol–water partition coefficient (Wildman–Crippen LogP) is 0.581. The van der Waals surface area contributed by atoms with E-state index >= 15 is 0 Å². The van der Waals surface area contributed by atoms with Crippen molar-refractivity contribution in [2.24, 2.45) is 0 Å². The number of amides is 2. The van der Waals surface area contributed by atoms with Crippen LogP contribution in [0.4, 0.5) is 10.7 Å². The maximum absolute atomic E-state index is 12.6. The van der Waals surface area contributed by atoms with E-state index in [0.29, 0.717) is 0 Å². The number of anilines is 1. The molecule has 158 valence electrons. The van der Waals surface area contributed by atoms with Crippen LogP contribution in [0.5, 0.6) is 12.0 Å². The molecule has 0 aliphatic carbocycles. The van der Waals surface area contributed by atoms with Crippen LogP contribution in [-0.2, 0) is 19.9 Å². The molecule has 2 N–H and O–H groups in total. The molecule has 2 aromatic rings. The summed E-state index contributed by atoms with van der Waals surface area (Å²) in [6.07, 6.45) is 0. The van der Waals surface area contributed by atoms with E-state index in [4.69, 9.17) is 9.47 Å². The van der Waals surface area contributed by atoms with Crippen molar-refractivity contribution in [1.82, 2.24) is 19.7 Å². The summed E-state index contributed by atoms with van der Waals surface area (Å²) in [7, 11) is -5.91. The van der Waals surface area contributed by atoms with Crippen molar-refractivity contribution in [3.63, 3.8) is 0 Å². The molecule has 0 aliphatic rings. The molecule has 29 heavy (non-hydrogen) atoms. The first-order valence-corrected chi connectivity index (χ1v) is 11.0. The zero-order valence-corrected chi connectivity index (χ0v) is 17.5. The minimum Gasteiger partial charge on any atom is -0.467 e. The van der Waals surface area contributed by atoms with Crippen LogP contribution in [0.25, 0.3) is 0 Å². The lowest BCUT2D eigenvalue weighted by molar-refractivity contribution is 0.256. The van der Waals surface area contributed by atoms with Gasteiger partial charge in [0.05, 0.1) is 24.4 Å². The highest BCUT2D eigenvalue weighted by molar-refractivity contribution is 7.94. The van der Waals surface area contributed by atoms with Gasteiger partial charge in [0.1, 0.15) is 4.90 Å². The van der Waals surface area contributed by atoms with Gasteiger partial charge in [-0.1, -0.05) is 12.1 Å².